The van der Waals surface area contributed by atoms with E-state index in [1.165, 1.54) is 31.3 Å². The topological polar surface area (TPSA) is 51.8 Å². The van der Waals surface area contributed by atoms with Gasteiger partial charge in [0.1, 0.15) is 11.2 Å². The molecule has 0 amide bonds. The van der Waals surface area contributed by atoms with E-state index in [2.05, 4.69) is 121 Å². The van der Waals surface area contributed by atoms with E-state index in [-0.39, 0.29) is 0 Å². The van der Waals surface area contributed by atoms with E-state index in [0.29, 0.717) is 17.5 Å². The van der Waals surface area contributed by atoms with Crippen LogP contribution < -0.4 is 0 Å². The van der Waals surface area contributed by atoms with Crippen LogP contribution in [0.3, 0.4) is 0 Å². The lowest BCUT2D eigenvalue weighted by molar-refractivity contribution is 0.670. The molecule has 8 aromatic carbocycles. The molecule has 56 heavy (non-hydrogen) atoms. The Morgan fingerprint density at radius 2 is 0.893 bits per heavy atom. The molecule has 262 valence electrons. The molecule has 3 aromatic heterocycles. The zero-order valence-electron chi connectivity index (χ0n) is 30.1. The van der Waals surface area contributed by atoms with E-state index in [9.17, 15) is 0 Å². The van der Waals surface area contributed by atoms with Crippen molar-refractivity contribution in [1.29, 1.82) is 0 Å². The quantitative estimate of drug-likeness (QED) is 0.171. The molecule has 0 aliphatic heterocycles. The maximum absolute atomic E-state index is 6.76. The van der Waals surface area contributed by atoms with Crippen molar-refractivity contribution in [1.82, 2.24) is 15.0 Å². The normalized spacial score (nSPS) is 11.6. The van der Waals surface area contributed by atoms with Crippen LogP contribution in [0.2, 0.25) is 0 Å². The Bertz CT molecular complexity index is 3180. The number of thiophene rings is 1. The van der Waals surface area contributed by atoms with Gasteiger partial charge in [-0.1, -0.05) is 158 Å². The number of furan rings is 1. The summed E-state index contributed by atoms with van der Waals surface area (Å²) in [4.78, 5) is 14.9. The minimum atomic E-state index is 0.622. The first-order valence-electron chi connectivity index (χ1n) is 18.7. The van der Waals surface area contributed by atoms with E-state index in [0.717, 1.165) is 60.9 Å². The van der Waals surface area contributed by atoms with E-state index in [4.69, 9.17) is 19.4 Å². The van der Waals surface area contributed by atoms with Gasteiger partial charge in [-0.2, -0.15) is 0 Å². The molecule has 0 saturated heterocycles. The Kier molecular flexibility index (Phi) is 7.64. The third kappa shape index (κ3) is 5.48. The maximum atomic E-state index is 6.76. The average Bonchev–Trinajstić information content (AvgIpc) is 3.86. The van der Waals surface area contributed by atoms with Crippen LogP contribution in [0.5, 0.6) is 0 Å². The third-order valence-corrected chi connectivity index (χ3v) is 11.7. The van der Waals surface area contributed by atoms with E-state index < -0.39 is 0 Å². The molecule has 5 heteroatoms. The van der Waals surface area contributed by atoms with Gasteiger partial charge in [-0.15, -0.1) is 11.3 Å². The molecule has 0 spiro atoms. The number of benzene rings is 8. The number of aromatic nitrogens is 3. The number of fused-ring (bicyclic) bond motifs is 6. The van der Waals surface area contributed by atoms with E-state index in [1.54, 1.807) is 0 Å². The highest BCUT2D eigenvalue weighted by Gasteiger charge is 2.20. The number of nitrogens with zero attached hydrogens (tertiary/aromatic N) is 3. The summed E-state index contributed by atoms with van der Waals surface area (Å²) < 4.78 is 9.30. The van der Waals surface area contributed by atoms with Gasteiger partial charge in [0, 0.05) is 53.2 Å². The maximum Gasteiger partial charge on any atom is 0.164 e. The smallest absolute Gasteiger partial charge is 0.164 e. The number of rotatable bonds is 6. The molecule has 0 unspecified atom stereocenters. The Morgan fingerprint density at radius 1 is 0.339 bits per heavy atom. The second-order valence-electron chi connectivity index (χ2n) is 13.9. The van der Waals surface area contributed by atoms with Gasteiger partial charge < -0.3 is 4.42 Å². The van der Waals surface area contributed by atoms with Crippen molar-refractivity contribution in [2.75, 3.05) is 0 Å². The van der Waals surface area contributed by atoms with Gasteiger partial charge in [0.05, 0.1) is 0 Å². The van der Waals surface area contributed by atoms with Gasteiger partial charge >= 0.3 is 0 Å². The van der Waals surface area contributed by atoms with Crippen LogP contribution in [0.1, 0.15) is 0 Å². The number of hydrogen-bond acceptors (Lipinski definition) is 5. The van der Waals surface area contributed by atoms with Crippen molar-refractivity contribution in [2.24, 2.45) is 0 Å². The SMILES string of the molecule is c1ccc(-c2nc(-c3ccccc3)nc(-c3cccc(-c4ccc(-c5ccc6c(c5)sc5cccc(-c7ccccc7)c56)c5oc6ccccc6c45)c3)n2)cc1. The Hall–Kier alpha value is -7.21. The first-order valence-corrected chi connectivity index (χ1v) is 19.5. The summed E-state index contributed by atoms with van der Waals surface area (Å²) in [6.07, 6.45) is 0. The molecule has 11 aromatic rings. The summed E-state index contributed by atoms with van der Waals surface area (Å²) in [6.45, 7) is 0. The Balaban J connectivity index is 1.06. The predicted molar refractivity (Wildman–Crippen MR) is 233 cm³/mol. The standard InChI is InChI=1S/C51H31N3OS/c1-4-14-32(15-5-1)38-23-13-25-44-46(38)42-27-26-36(31-45(42)56-44)40-29-28-39(47-41-22-10-11-24-43(41)55-48(40)47)35-20-12-21-37(30-35)51-53-49(33-16-6-2-7-17-33)52-50(54-51)34-18-8-3-9-19-34/h1-31H. The largest absolute Gasteiger partial charge is 0.455 e. The molecule has 0 aliphatic rings. The minimum absolute atomic E-state index is 0.622. The number of hydrogen-bond donors (Lipinski definition) is 0. The minimum Gasteiger partial charge on any atom is -0.455 e. The van der Waals surface area contributed by atoms with E-state index in [1.807, 2.05) is 78.1 Å². The lowest BCUT2D eigenvalue weighted by Gasteiger charge is -2.11. The summed E-state index contributed by atoms with van der Waals surface area (Å²) in [5.74, 6) is 1.90. The van der Waals surface area contributed by atoms with Crippen LogP contribution >= 0.6 is 11.3 Å². The Labute approximate surface area is 327 Å². The lowest BCUT2D eigenvalue weighted by Crippen LogP contribution is -2.00. The molecule has 11 rings (SSSR count). The molecule has 0 radical (unpaired) electrons. The molecular formula is C51H31N3OS. The molecule has 0 fully saturated rings. The van der Waals surface area contributed by atoms with Crippen LogP contribution in [0.4, 0.5) is 0 Å². The van der Waals surface area contributed by atoms with Crippen molar-refractivity contribution in [3.8, 4) is 67.5 Å². The van der Waals surface area contributed by atoms with Crippen molar-refractivity contribution in [3.05, 3.63) is 188 Å². The van der Waals surface area contributed by atoms with Gasteiger partial charge in [0.15, 0.2) is 17.5 Å². The average molecular weight is 734 g/mol. The summed E-state index contributed by atoms with van der Waals surface area (Å²) >= 11 is 1.84. The highest BCUT2D eigenvalue weighted by Crippen LogP contribution is 2.45. The fourth-order valence-corrected chi connectivity index (χ4v) is 9.08. The molecular weight excluding hydrogens is 703 g/mol. The van der Waals surface area contributed by atoms with Crippen LogP contribution in [-0.2, 0) is 0 Å². The fourth-order valence-electron chi connectivity index (χ4n) is 7.91. The van der Waals surface area contributed by atoms with E-state index >= 15 is 0 Å². The summed E-state index contributed by atoms with van der Waals surface area (Å²) in [5, 5.41) is 4.74. The van der Waals surface area contributed by atoms with Crippen LogP contribution in [-0.4, -0.2) is 15.0 Å². The van der Waals surface area contributed by atoms with Gasteiger partial charge in [0.25, 0.3) is 0 Å². The van der Waals surface area contributed by atoms with Crippen molar-refractivity contribution < 1.29 is 4.42 Å². The third-order valence-electron chi connectivity index (χ3n) is 10.6. The zero-order valence-corrected chi connectivity index (χ0v) is 30.9. The van der Waals surface area contributed by atoms with Gasteiger partial charge in [-0.3, -0.25) is 0 Å². The second-order valence-corrected chi connectivity index (χ2v) is 15.0. The molecule has 0 saturated carbocycles. The van der Waals surface area contributed by atoms with Gasteiger partial charge in [-0.05, 0) is 58.1 Å². The molecule has 0 atom stereocenters. The zero-order chi connectivity index (χ0) is 37.0. The predicted octanol–water partition coefficient (Wildman–Crippen LogP) is 14.1. The van der Waals surface area contributed by atoms with Crippen molar-refractivity contribution in [3.63, 3.8) is 0 Å². The second kappa shape index (κ2) is 13.3. The highest BCUT2D eigenvalue weighted by atomic mass is 32.1. The summed E-state index contributed by atoms with van der Waals surface area (Å²) in [6, 6.07) is 65.6. The molecule has 0 N–H and O–H groups in total. The summed E-state index contributed by atoms with van der Waals surface area (Å²) in [7, 11) is 0. The molecule has 0 bridgehead atoms. The first-order chi connectivity index (χ1) is 27.7. The van der Waals surface area contributed by atoms with Crippen molar-refractivity contribution in [2.45, 2.75) is 0 Å². The lowest BCUT2D eigenvalue weighted by atomic mass is 9.93. The molecule has 3 heterocycles. The van der Waals surface area contributed by atoms with Crippen LogP contribution in [0.25, 0.3) is 110 Å². The van der Waals surface area contributed by atoms with Crippen LogP contribution in [0.15, 0.2) is 192 Å². The first kappa shape index (κ1) is 32.2. The van der Waals surface area contributed by atoms with Gasteiger partial charge in [0.2, 0.25) is 0 Å². The monoisotopic (exact) mass is 733 g/mol. The van der Waals surface area contributed by atoms with Crippen LogP contribution in [0, 0.1) is 0 Å². The van der Waals surface area contributed by atoms with Crippen molar-refractivity contribution >= 4 is 53.4 Å². The molecule has 0 aliphatic carbocycles. The molecule has 4 nitrogen and oxygen atoms in total. The van der Waals surface area contributed by atoms with Gasteiger partial charge in [-0.25, -0.2) is 15.0 Å². The summed E-state index contributed by atoms with van der Waals surface area (Å²) in [5.41, 5.74) is 11.4. The Morgan fingerprint density at radius 3 is 1.62 bits per heavy atom. The fraction of sp³-hybridized carbons (Fsp3) is 0. The highest BCUT2D eigenvalue weighted by molar-refractivity contribution is 7.26. The number of para-hydroxylation sites is 1.